The molecule has 0 spiro atoms. The van der Waals surface area contributed by atoms with Crippen molar-refractivity contribution in [1.29, 1.82) is 0 Å². The van der Waals surface area contributed by atoms with Crippen LogP contribution in [-0.2, 0) is 21.0 Å². The largest absolute Gasteiger partial charge is 0.378 e. The molecule has 11 heteroatoms. The molecule has 1 aromatic carbocycles. The van der Waals surface area contributed by atoms with Gasteiger partial charge in [0.15, 0.2) is 11.6 Å². The Labute approximate surface area is 221 Å². The molecule has 0 saturated carbocycles. The predicted octanol–water partition coefficient (Wildman–Crippen LogP) is 3.23. The summed E-state index contributed by atoms with van der Waals surface area (Å²) in [5, 5.41) is 8.30. The van der Waals surface area contributed by atoms with E-state index in [0.29, 0.717) is 19.0 Å². The summed E-state index contributed by atoms with van der Waals surface area (Å²) in [4.78, 5) is 16.2. The number of piperazine rings is 1. The number of H-pyrrole nitrogens is 1. The molecule has 6 rings (SSSR count). The van der Waals surface area contributed by atoms with Gasteiger partial charge >= 0.3 is 0 Å². The summed E-state index contributed by atoms with van der Waals surface area (Å²) in [7, 11) is -2.24. The third-order valence-corrected chi connectivity index (χ3v) is 9.91. The molecule has 1 N–H and O–H groups in total. The van der Waals surface area contributed by atoms with E-state index in [1.165, 1.54) is 4.88 Å². The van der Waals surface area contributed by atoms with Crippen LogP contribution in [0.25, 0.3) is 32.5 Å². The minimum absolute atomic E-state index is 0.211. The maximum Gasteiger partial charge on any atom is 0.162 e. The molecule has 2 fully saturated rings. The molecule has 1 unspecified atom stereocenters. The number of rotatable bonds is 5. The highest BCUT2D eigenvalue weighted by molar-refractivity contribution is 7.97. The number of ether oxygens (including phenoxy) is 1. The van der Waals surface area contributed by atoms with Crippen molar-refractivity contribution in [3.63, 3.8) is 0 Å². The van der Waals surface area contributed by atoms with Crippen molar-refractivity contribution in [3.05, 3.63) is 35.3 Å². The first kappa shape index (κ1) is 24.7. The molecule has 3 aromatic heterocycles. The predicted molar refractivity (Wildman–Crippen MR) is 153 cm³/mol. The number of thiophene rings is 1. The summed E-state index contributed by atoms with van der Waals surface area (Å²) >= 11 is 1.78. The highest BCUT2D eigenvalue weighted by atomic mass is 32.2. The van der Waals surface area contributed by atoms with Gasteiger partial charge in [-0.15, -0.1) is 11.3 Å². The van der Waals surface area contributed by atoms with Gasteiger partial charge in [0.2, 0.25) is 0 Å². The molecule has 0 bridgehead atoms. The molecule has 9 nitrogen and oxygen atoms in total. The van der Waals surface area contributed by atoms with Gasteiger partial charge in [-0.25, -0.2) is 14.3 Å². The number of hydrogen-bond donors (Lipinski definition) is 1. The third kappa shape index (κ3) is 4.74. The lowest BCUT2D eigenvalue weighted by atomic mass is 10.0. The minimum atomic E-state index is -2.24. The Morgan fingerprint density at radius 2 is 2.00 bits per heavy atom. The first-order chi connectivity index (χ1) is 17.7. The van der Waals surface area contributed by atoms with E-state index in [9.17, 15) is 4.21 Å². The van der Waals surface area contributed by atoms with E-state index in [0.717, 1.165) is 71.8 Å². The number of nitrogens with zero attached hydrogens (tertiary/aromatic N) is 6. The molecule has 37 heavy (non-hydrogen) atoms. The molecule has 5 heterocycles. The highest BCUT2D eigenvalue weighted by Gasteiger charge is 2.36. The van der Waals surface area contributed by atoms with Crippen LogP contribution < -0.4 is 4.90 Å². The van der Waals surface area contributed by atoms with Gasteiger partial charge < -0.3 is 9.64 Å². The van der Waals surface area contributed by atoms with E-state index < -0.39 is 9.71 Å². The molecule has 2 aliphatic heterocycles. The lowest BCUT2D eigenvalue weighted by Gasteiger charge is -2.47. The summed E-state index contributed by atoms with van der Waals surface area (Å²) < 4.78 is 21.5. The molecule has 2 saturated heterocycles. The van der Waals surface area contributed by atoms with E-state index in [4.69, 9.17) is 14.7 Å². The molecule has 4 aromatic rings. The van der Waals surface area contributed by atoms with Crippen LogP contribution in [0.5, 0.6) is 0 Å². The van der Waals surface area contributed by atoms with Crippen molar-refractivity contribution in [2.24, 2.45) is 0 Å². The summed E-state index contributed by atoms with van der Waals surface area (Å²) in [6.07, 6.45) is 3.58. The fourth-order valence-electron chi connectivity index (χ4n) is 5.63. The maximum absolute atomic E-state index is 12.7. The molecule has 2 aliphatic rings. The van der Waals surface area contributed by atoms with Gasteiger partial charge in [-0.1, -0.05) is 12.1 Å². The SMILES string of the molecule is C=S(C)(=O)N1CCN(Cc2cc3nc(-c4cccc5[nH]ncc45)nc(N4CCOCC4)c3s2)CC1(C)C. The summed E-state index contributed by atoms with van der Waals surface area (Å²) in [6, 6.07) is 8.31. The maximum atomic E-state index is 12.7. The molecule has 0 aliphatic carbocycles. The van der Waals surface area contributed by atoms with Gasteiger partial charge in [0, 0.05) is 76.6 Å². The summed E-state index contributed by atoms with van der Waals surface area (Å²) in [5.41, 5.74) is 2.71. The zero-order valence-electron chi connectivity index (χ0n) is 21.6. The van der Waals surface area contributed by atoms with Crippen molar-refractivity contribution in [2.75, 3.05) is 57.1 Å². The van der Waals surface area contributed by atoms with Crippen LogP contribution in [0.3, 0.4) is 0 Å². The van der Waals surface area contributed by atoms with Crippen LogP contribution in [0.15, 0.2) is 30.5 Å². The lowest BCUT2D eigenvalue weighted by Crippen LogP contribution is -2.60. The average molecular weight is 540 g/mol. The second-order valence-electron chi connectivity index (χ2n) is 10.6. The van der Waals surface area contributed by atoms with Crippen molar-refractivity contribution in [3.8, 4) is 11.4 Å². The number of nitrogens with one attached hydrogen (secondary N) is 1. The third-order valence-electron chi connectivity index (χ3n) is 7.19. The highest BCUT2D eigenvalue weighted by Crippen LogP contribution is 2.37. The number of morpholine rings is 1. The fourth-order valence-corrected chi connectivity index (χ4v) is 8.35. The van der Waals surface area contributed by atoms with Gasteiger partial charge in [0.25, 0.3) is 0 Å². The first-order valence-corrected chi connectivity index (χ1v) is 15.5. The van der Waals surface area contributed by atoms with Crippen molar-refractivity contribution >= 4 is 53.9 Å². The second-order valence-corrected chi connectivity index (χ2v) is 14.1. The Balaban J connectivity index is 1.37. The fraction of sp³-hybridized carbons (Fsp3) is 0.462. The quantitative estimate of drug-likeness (QED) is 0.390. The minimum Gasteiger partial charge on any atom is -0.378 e. The number of aromatic amines is 1. The Bertz CT molecular complexity index is 1550. The second kappa shape index (κ2) is 9.32. The molecule has 196 valence electrons. The van der Waals surface area contributed by atoms with Crippen molar-refractivity contribution in [2.45, 2.75) is 25.9 Å². The molecule has 0 radical (unpaired) electrons. The van der Waals surface area contributed by atoms with E-state index >= 15 is 0 Å². The zero-order valence-corrected chi connectivity index (χ0v) is 23.2. The summed E-state index contributed by atoms with van der Waals surface area (Å²) in [6.45, 7) is 10.6. The van der Waals surface area contributed by atoms with Crippen LogP contribution in [0, 0.1) is 0 Å². The monoisotopic (exact) mass is 539 g/mol. The smallest absolute Gasteiger partial charge is 0.162 e. The Kier molecular flexibility index (Phi) is 6.23. The van der Waals surface area contributed by atoms with Gasteiger partial charge in [-0.2, -0.15) is 5.10 Å². The van der Waals surface area contributed by atoms with Gasteiger partial charge in [-0.05, 0) is 31.9 Å². The number of fused-ring (bicyclic) bond motifs is 2. The average Bonchev–Trinajstić information content (AvgIpc) is 3.49. The van der Waals surface area contributed by atoms with Crippen LogP contribution in [-0.4, -0.2) is 97.2 Å². The van der Waals surface area contributed by atoms with E-state index in [2.05, 4.69) is 56.2 Å². The number of anilines is 1. The van der Waals surface area contributed by atoms with Crippen LogP contribution in [0.4, 0.5) is 5.82 Å². The number of hydrogen-bond acceptors (Lipinski definition) is 8. The van der Waals surface area contributed by atoms with Gasteiger partial charge in [0.1, 0.15) is 0 Å². The van der Waals surface area contributed by atoms with E-state index in [-0.39, 0.29) is 5.54 Å². The van der Waals surface area contributed by atoms with Crippen LogP contribution in [0.2, 0.25) is 0 Å². The van der Waals surface area contributed by atoms with Gasteiger partial charge in [0.05, 0.1) is 35.1 Å². The first-order valence-electron chi connectivity index (χ1n) is 12.6. The Hall–Kier alpha value is -2.57. The molecule has 1 atom stereocenters. The molecular weight excluding hydrogens is 506 g/mol. The van der Waals surface area contributed by atoms with Crippen LogP contribution >= 0.6 is 11.3 Å². The van der Waals surface area contributed by atoms with Gasteiger partial charge in [-0.3, -0.25) is 14.2 Å². The Morgan fingerprint density at radius 1 is 1.19 bits per heavy atom. The standard InChI is InChI=1S/C26H33N7O2S2/c1-26(2)17-31(8-9-33(26)37(3,4)34)16-18-14-22-23(36-18)25(32-10-12-35-13-11-32)29-24(28-22)19-6-5-7-21-20(19)15-27-30-21/h5-7,14-15H,3,8-13,16-17H2,1-2,4H3,(H,27,30). The van der Waals surface area contributed by atoms with E-state index in [1.807, 2.05) is 18.3 Å². The van der Waals surface area contributed by atoms with Crippen molar-refractivity contribution < 1.29 is 8.95 Å². The zero-order chi connectivity index (χ0) is 25.8. The summed E-state index contributed by atoms with van der Waals surface area (Å²) in [5.74, 6) is 5.63. The van der Waals surface area contributed by atoms with E-state index in [1.54, 1.807) is 17.6 Å². The topological polar surface area (TPSA) is 90.5 Å². The number of aromatic nitrogens is 4. The normalized spacial score (nSPS) is 21.0. The van der Waals surface area contributed by atoms with Crippen LogP contribution in [0.1, 0.15) is 18.7 Å². The van der Waals surface area contributed by atoms with Crippen molar-refractivity contribution in [1.82, 2.24) is 29.4 Å². The number of benzene rings is 1. The molecule has 0 amide bonds. The Morgan fingerprint density at radius 3 is 2.76 bits per heavy atom. The lowest BCUT2D eigenvalue weighted by molar-refractivity contribution is 0.0812. The molecular formula is C26H33N7O2S2.